The maximum Gasteiger partial charge on any atom is 0.0462 e. The van der Waals surface area contributed by atoms with Gasteiger partial charge in [0.15, 0.2) is 0 Å². The molecule has 0 spiro atoms. The van der Waals surface area contributed by atoms with E-state index in [1.54, 1.807) is 7.11 Å². The van der Waals surface area contributed by atoms with E-state index in [1.165, 1.54) is 38.5 Å². The Labute approximate surface area is 98.9 Å². The molecule has 0 aromatic rings. The maximum absolute atomic E-state index is 6.69. The number of ether oxygens (including phenoxy) is 1. The molecule has 3 fully saturated rings. The fourth-order valence-electron chi connectivity index (χ4n) is 5.15. The van der Waals surface area contributed by atoms with Crippen LogP contribution in [0.2, 0.25) is 0 Å². The van der Waals surface area contributed by atoms with Crippen LogP contribution < -0.4 is 5.73 Å². The van der Waals surface area contributed by atoms with Crippen molar-refractivity contribution in [2.45, 2.75) is 50.5 Å². The predicted molar refractivity (Wildman–Crippen MR) is 65.1 cm³/mol. The van der Waals surface area contributed by atoms with Gasteiger partial charge in [0.05, 0.1) is 0 Å². The Morgan fingerprint density at radius 3 is 2.94 bits per heavy atom. The molecule has 3 aliphatic carbocycles. The predicted octanol–water partition coefficient (Wildman–Crippen LogP) is 2.57. The van der Waals surface area contributed by atoms with Crippen molar-refractivity contribution >= 4 is 0 Å². The lowest BCUT2D eigenvalue weighted by atomic mass is 9.69. The average Bonchev–Trinajstić information content (AvgIpc) is 2.87. The van der Waals surface area contributed by atoms with E-state index in [0.29, 0.717) is 0 Å². The van der Waals surface area contributed by atoms with Gasteiger partial charge in [-0.05, 0) is 62.2 Å². The van der Waals surface area contributed by atoms with Crippen molar-refractivity contribution in [3.63, 3.8) is 0 Å². The molecule has 0 radical (unpaired) electrons. The van der Waals surface area contributed by atoms with Crippen LogP contribution in [0.5, 0.6) is 0 Å². The molecular weight excluding hydrogens is 198 g/mol. The monoisotopic (exact) mass is 223 g/mol. The van der Waals surface area contributed by atoms with E-state index in [2.05, 4.69) is 0 Å². The van der Waals surface area contributed by atoms with Crippen LogP contribution in [-0.4, -0.2) is 19.3 Å². The molecule has 16 heavy (non-hydrogen) atoms. The summed E-state index contributed by atoms with van der Waals surface area (Å²) in [5, 5.41) is 0. The zero-order valence-corrected chi connectivity index (χ0v) is 10.5. The molecule has 0 heterocycles. The fourth-order valence-corrected chi connectivity index (χ4v) is 5.15. The second-order valence-electron chi connectivity index (χ2n) is 6.39. The number of rotatable bonds is 4. The van der Waals surface area contributed by atoms with Gasteiger partial charge in [0.2, 0.25) is 0 Å². The highest BCUT2D eigenvalue weighted by Gasteiger charge is 2.58. The molecule has 2 bridgehead atoms. The van der Waals surface area contributed by atoms with Crippen LogP contribution in [0.25, 0.3) is 0 Å². The van der Waals surface area contributed by atoms with Crippen LogP contribution in [-0.2, 0) is 4.74 Å². The molecule has 0 aromatic carbocycles. The summed E-state index contributed by atoms with van der Waals surface area (Å²) in [6.45, 7) is 0.879. The van der Waals surface area contributed by atoms with Crippen molar-refractivity contribution in [1.29, 1.82) is 0 Å². The Kier molecular flexibility index (Phi) is 2.75. The summed E-state index contributed by atoms with van der Waals surface area (Å²) in [4.78, 5) is 0. The standard InChI is InChI=1S/C14H25NO/c1-16-7-3-6-14(15)9-10-8-13(14)12-5-2-4-11(10)12/h10-13H,2-9,15H2,1H3. The van der Waals surface area contributed by atoms with Gasteiger partial charge in [0.1, 0.15) is 0 Å². The molecule has 92 valence electrons. The third-order valence-corrected chi connectivity index (χ3v) is 5.68. The maximum atomic E-state index is 6.69. The van der Waals surface area contributed by atoms with Gasteiger partial charge >= 0.3 is 0 Å². The molecule has 0 amide bonds. The summed E-state index contributed by atoms with van der Waals surface area (Å²) in [5.41, 5.74) is 6.86. The van der Waals surface area contributed by atoms with E-state index in [-0.39, 0.29) is 5.54 Å². The Morgan fingerprint density at radius 2 is 2.12 bits per heavy atom. The number of hydrogen-bond acceptors (Lipinski definition) is 2. The lowest BCUT2D eigenvalue weighted by Gasteiger charge is -2.40. The largest absolute Gasteiger partial charge is 0.385 e. The number of methoxy groups -OCH3 is 1. The Bertz CT molecular complexity index is 267. The Morgan fingerprint density at radius 1 is 1.31 bits per heavy atom. The van der Waals surface area contributed by atoms with Gasteiger partial charge in [-0.3, -0.25) is 0 Å². The van der Waals surface area contributed by atoms with Crippen LogP contribution >= 0.6 is 0 Å². The highest BCUT2D eigenvalue weighted by Crippen LogP contribution is 2.62. The van der Waals surface area contributed by atoms with E-state index in [0.717, 1.165) is 36.7 Å². The van der Waals surface area contributed by atoms with Crippen LogP contribution in [0.4, 0.5) is 0 Å². The van der Waals surface area contributed by atoms with E-state index >= 15 is 0 Å². The summed E-state index contributed by atoms with van der Waals surface area (Å²) in [6, 6.07) is 0. The minimum atomic E-state index is 0.175. The SMILES string of the molecule is COCCCC1(N)CC2CC1C1CCCC21. The van der Waals surface area contributed by atoms with Gasteiger partial charge in [0, 0.05) is 19.3 Å². The minimum Gasteiger partial charge on any atom is -0.385 e. The third-order valence-electron chi connectivity index (χ3n) is 5.68. The van der Waals surface area contributed by atoms with Crippen LogP contribution in [0.1, 0.15) is 44.9 Å². The second-order valence-corrected chi connectivity index (χ2v) is 6.39. The zero-order chi connectivity index (χ0) is 11.2. The van der Waals surface area contributed by atoms with E-state index in [1.807, 2.05) is 0 Å². The highest BCUT2D eigenvalue weighted by atomic mass is 16.5. The van der Waals surface area contributed by atoms with Crippen molar-refractivity contribution in [3.8, 4) is 0 Å². The molecule has 5 atom stereocenters. The van der Waals surface area contributed by atoms with Crippen LogP contribution in [0.15, 0.2) is 0 Å². The summed E-state index contributed by atoms with van der Waals surface area (Å²) in [7, 11) is 1.79. The first kappa shape index (κ1) is 11.0. The molecule has 3 saturated carbocycles. The number of fused-ring (bicyclic) bond motifs is 5. The lowest BCUT2D eigenvalue weighted by molar-refractivity contribution is 0.127. The summed E-state index contributed by atoms with van der Waals surface area (Å²) < 4.78 is 5.16. The lowest BCUT2D eigenvalue weighted by Crippen LogP contribution is -2.49. The molecule has 2 nitrogen and oxygen atoms in total. The topological polar surface area (TPSA) is 35.2 Å². The van der Waals surface area contributed by atoms with Gasteiger partial charge < -0.3 is 10.5 Å². The second kappa shape index (κ2) is 3.99. The van der Waals surface area contributed by atoms with Gasteiger partial charge in [-0.2, -0.15) is 0 Å². The molecule has 0 saturated heterocycles. The van der Waals surface area contributed by atoms with Gasteiger partial charge in [-0.15, -0.1) is 0 Å². The Hall–Kier alpha value is -0.0800. The highest BCUT2D eigenvalue weighted by molar-refractivity contribution is 5.12. The van der Waals surface area contributed by atoms with Gasteiger partial charge in [-0.25, -0.2) is 0 Å². The molecule has 2 N–H and O–H groups in total. The summed E-state index contributed by atoms with van der Waals surface area (Å²) >= 11 is 0. The third kappa shape index (κ3) is 1.53. The van der Waals surface area contributed by atoms with Crippen LogP contribution in [0.3, 0.4) is 0 Å². The zero-order valence-electron chi connectivity index (χ0n) is 10.5. The quantitative estimate of drug-likeness (QED) is 0.743. The first-order valence-electron chi connectivity index (χ1n) is 7.02. The molecule has 3 rings (SSSR count). The Balaban J connectivity index is 1.66. The van der Waals surface area contributed by atoms with E-state index in [9.17, 15) is 0 Å². The van der Waals surface area contributed by atoms with Crippen molar-refractivity contribution in [3.05, 3.63) is 0 Å². The van der Waals surface area contributed by atoms with Crippen molar-refractivity contribution in [2.75, 3.05) is 13.7 Å². The number of hydrogen-bond donors (Lipinski definition) is 1. The van der Waals surface area contributed by atoms with Crippen molar-refractivity contribution < 1.29 is 4.74 Å². The van der Waals surface area contributed by atoms with Crippen molar-refractivity contribution in [2.24, 2.45) is 29.4 Å². The first-order chi connectivity index (χ1) is 7.74. The molecule has 3 aliphatic rings. The minimum absolute atomic E-state index is 0.175. The smallest absolute Gasteiger partial charge is 0.0462 e. The molecule has 0 aromatic heterocycles. The summed E-state index contributed by atoms with van der Waals surface area (Å²) in [6.07, 6.45) is 9.52. The van der Waals surface area contributed by atoms with Crippen molar-refractivity contribution in [1.82, 2.24) is 0 Å². The molecule has 5 unspecified atom stereocenters. The normalized spacial score (nSPS) is 49.9. The number of nitrogens with two attached hydrogens (primary N) is 1. The molecular formula is C14H25NO. The summed E-state index contributed by atoms with van der Waals surface area (Å²) in [5.74, 6) is 3.88. The van der Waals surface area contributed by atoms with E-state index in [4.69, 9.17) is 10.5 Å². The van der Waals surface area contributed by atoms with E-state index < -0.39 is 0 Å². The average molecular weight is 223 g/mol. The van der Waals surface area contributed by atoms with Gasteiger partial charge in [0.25, 0.3) is 0 Å². The first-order valence-corrected chi connectivity index (χ1v) is 7.02. The van der Waals surface area contributed by atoms with Gasteiger partial charge in [-0.1, -0.05) is 6.42 Å². The van der Waals surface area contributed by atoms with Crippen LogP contribution in [0, 0.1) is 23.7 Å². The molecule has 2 heteroatoms. The fraction of sp³-hybridized carbons (Fsp3) is 1.00. The molecule has 0 aliphatic heterocycles.